The van der Waals surface area contributed by atoms with Crippen LogP contribution in [0.2, 0.25) is 0 Å². The molecule has 1 aliphatic carbocycles. The van der Waals surface area contributed by atoms with Crippen LogP contribution in [0.4, 0.5) is 0 Å². The van der Waals surface area contributed by atoms with E-state index in [0.717, 1.165) is 29.5 Å². The molecule has 1 aromatic carbocycles. The zero-order chi connectivity index (χ0) is 12.4. The van der Waals surface area contributed by atoms with Crippen molar-refractivity contribution >= 4 is 5.91 Å². The van der Waals surface area contributed by atoms with Gasteiger partial charge in [0.2, 0.25) is 0 Å². The van der Waals surface area contributed by atoms with E-state index in [4.69, 9.17) is 5.11 Å². The number of amides is 1. The predicted octanol–water partition coefficient (Wildman–Crippen LogP) is 1.80. The van der Waals surface area contributed by atoms with Crippen LogP contribution in [0, 0.1) is 19.8 Å². The van der Waals surface area contributed by atoms with Crippen LogP contribution in [0.1, 0.15) is 34.3 Å². The summed E-state index contributed by atoms with van der Waals surface area (Å²) in [6, 6.07) is 6.11. The van der Waals surface area contributed by atoms with Gasteiger partial charge >= 0.3 is 0 Å². The Morgan fingerprint density at radius 2 is 1.94 bits per heavy atom. The molecule has 0 radical (unpaired) electrons. The SMILES string of the molecule is Cc1cccc(C)c1C(=O)NC1CC(CO)C1. The summed E-state index contributed by atoms with van der Waals surface area (Å²) in [6.45, 7) is 4.15. The van der Waals surface area contributed by atoms with Crippen LogP contribution in [0.25, 0.3) is 0 Å². The minimum absolute atomic E-state index is 0.0157. The van der Waals surface area contributed by atoms with Gasteiger partial charge in [-0.15, -0.1) is 0 Å². The van der Waals surface area contributed by atoms with Crippen LogP contribution in [0.15, 0.2) is 18.2 Å². The monoisotopic (exact) mass is 233 g/mol. The molecule has 1 aromatic rings. The summed E-state index contributed by atoms with van der Waals surface area (Å²) in [7, 11) is 0. The molecule has 2 rings (SSSR count). The summed E-state index contributed by atoms with van der Waals surface area (Å²) >= 11 is 0. The number of hydrogen-bond donors (Lipinski definition) is 2. The van der Waals surface area contributed by atoms with Crippen LogP contribution < -0.4 is 5.32 Å². The number of carbonyl (C=O) groups excluding carboxylic acids is 1. The van der Waals surface area contributed by atoms with Gasteiger partial charge in [-0.3, -0.25) is 4.79 Å². The van der Waals surface area contributed by atoms with E-state index < -0.39 is 0 Å². The second-order valence-corrected chi connectivity index (χ2v) is 4.96. The van der Waals surface area contributed by atoms with Gasteiger partial charge in [-0.25, -0.2) is 0 Å². The molecule has 3 nitrogen and oxygen atoms in total. The molecule has 0 aromatic heterocycles. The van der Waals surface area contributed by atoms with Gasteiger partial charge in [-0.05, 0) is 43.7 Å². The van der Waals surface area contributed by atoms with E-state index in [0.29, 0.717) is 5.92 Å². The molecule has 0 bridgehead atoms. The van der Waals surface area contributed by atoms with Crippen LogP contribution in [-0.2, 0) is 0 Å². The Kier molecular flexibility index (Phi) is 3.48. The highest BCUT2D eigenvalue weighted by Gasteiger charge is 2.30. The van der Waals surface area contributed by atoms with E-state index in [-0.39, 0.29) is 18.6 Å². The standard InChI is InChI=1S/C14H19NO2/c1-9-4-3-5-10(2)13(9)14(17)15-12-6-11(7-12)8-16/h3-5,11-12,16H,6-8H2,1-2H3,(H,15,17). The first kappa shape index (κ1) is 12.1. The van der Waals surface area contributed by atoms with Crippen LogP contribution in [-0.4, -0.2) is 23.7 Å². The molecule has 0 unspecified atom stereocenters. The minimum atomic E-state index is 0.0157. The fourth-order valence-electron chi connectivity index (χ4n) is 2.43. The molecule has 1 fully saturated rings. The predicted molar refractivity (Wildman–Crippen MR) is 67.0 cm³/mol. The minimum Gasteiger partial charge on any atom is -0.396 e. The van der Waals surface area contributed by atoms with E-state index in [9.17, 15) is 4.79 Å². The fourth-order valence-corrected chi connectivity index (χ4v) is 2.43. The van der Waals surface area contributed by atoms with Crippen LogP contribution in [0.5, 0.6) is 0 Å². The molecule has 17 heavy (non-hydrogen) atoms. The Labute approximate surface area is 102 Å². The van der Waals surface area contributed by atoms with E-state index in [1.54, 1.807) is 0 Å². The smallest absolute Gasteiger partial charge is 0.252 e. The molecule has 1 amide bonds. The molecule has 0 aliphatic heterocycles. The molecule has 1 saturated carbocycles. The lowest BCUT2D eigenvalue weighted by atomic mass is 9.80. The highest BCUT2D eigenvalue weighted by atomic mass is 16.3. The Bertz CT molecular complexity index is 402. The van der Waals surface area contributed by atoms with Crippen molar-refractivity contribution in [1.82, 2.24) is 5.32 Å². The summed E-state index contributed by atoms with van der Waals surface area (Å²) in [6.07, 6.45) is 1.79. The topological polar surface area (TPSA) is 49.3 Å². The molecular weight excluding hydrogens is 214 g/mol. The Hall–Kier alpha value is -1.35. The number of aryl methyl sites for hydroxylation is 2. The van der Waals surface area contributed by atoms with Gasteiger partial charge in [0, 0.05) is 18.2 Å². The van der Waals surface area contributed by atoms with Gasteiger partial charge in [-0.1, -0.05) is 18.2 Å². The Morgan fingerprint density at radius 3 is 2.47 bits per heavy atom. The number of benzene rings is 1. The first-order chi connectivity index (χ1) is 8.11. The number of aliphatic hydroxyl groups is 1. The molecule has 0 heterocycles. The number of nitrogens with one attached hydrogen (secondary N) is 1. The highest BCUT2D eigenvalue weighted by molar-refractivity contribution is 5.97. The molecule has 2 N–H and O–H groups in total. The fraction of sp³-hybridized carbons (Fsp3) is 0.500. The molecule has 1 aliphatic rings. The maximum Gasteiger partial charge on any atom is 0.252 e. The lowest BCUT2D eigenvalue weighted by Crippen LogP contribution is -2.45. The number of hydrogen-bond acceptors (Lipinski definition) is 2. The Morgan fingerprint density at radius 1 is 1.35 bits per heavy atom. The van der Waals surface area contributed by atoms with Crippen molar-refractivity contribution < 1.29 is 9.90 Å². The third-order valence-corrected chi connectivity index (χ3v) is 3.54. The highest BCUT2D eigenvalue weighted by Crippen LogP contribution is 2.27. The molecule has 0 saturated heterocycles. The summed E-state index contributed by atoms with van der Waals surface area (Å²) in [4.78, 5) is 12.1. The molecule has 92 valence electrons. The first-order valence-corrected chi connectivity index (χ1v) is 6.09. The lowest BCUT2D eigenvalue weighted by molar-refractivity contribution is 0.0831. The van der Waals surface area contributed by atoms with Crippen LogP contribution >= 0.6 is 0 Å². The van der Waals surface area contributed by atoms with Crippen LogP contribution in [0.3, 0.4) is 0 Å². The van der Waals surface area contributed by atoms with Crippen molar-refractivity contribution in [2.45, 2.75) is 32.7 Å². The number of carbonyl (C=O) groups is 1. The summed E-state index contributed by atoms with van der Waals surface area (Å²) < 4.78 is 0. The lowest BCUT2D eigenvalue weighted by Gasteiger charge is -2.34. The molecule has 0 atom stereocenters. The van der Waals surface area contributed by atoms with E-state index in [1.807, 2.05) is 32.0 Å². The van der Waals surface area contributed by atoms with Crippen molar-refractivity contribution in [3.05, 3.63) is 34.9 Å². The van der Waals surface area contributed by atoms with Gasteiger partial charge < -0.3 is 10.4 Å². The maximum atomic E-state index is 12.1. The third-order valence-electron chi connectivity index (χ3n) is 3.54. The van der Waals surface area contributed by atoms with Crippen molar-refractivity contribution in [2.75, 3.05) is 6.61 Å². The van der Waals surface area contributed by atoms with Gasteiger partial charge in [0.1, 0.15) is 0 Å². The molecule has 3 heteroatoms. The number of aliphatic hydroxyl groups excluding tert-OH is 1. The number of rotatable bonds is 3. The third kappa shape index (κ3) is 2.50. The maximum absolute atomic E-state index is 12.1. The van der Waals surface area contributed by atoms with Gasteiger partial charge in [0.15, 0.2) is 0 Å². The van der Waals surface area contributed by atoms with Crippen molar-refractivity contribution in [3.8, 4) is 0 Å². The Balaban J connectivity index is 2.01. The quantitative estimate of drug-likeness (QED) is 0.836. The average Bonchev–Trinajstić information content (AvgIpc) is 2.22. The second-order valence-electron chi connectivity index (χ2n) is 4.96. The zero-order valence-electron chi connectivity index (χ0n) is 10.4. The van der Waals surface area contributed by atoms with E-state index in [1.165, 1.54) is 0 Å². The summed E-state index contributed by atoms with van der Waals surface area (Å²) in [5.74, 6) is 0.389. The summed E-state index contributed by atoms with van der Waals surface area (Å²) in [5.41, 5.74) is 2.82. The molecule has 0 spiro atoms. The van der Waals surface area contributed by atoms with Gasteiger partial charge in [0.05, 0.1) is 0 Å². The zero-order valence-corrected chi connectivity index (χ0v) is 10.4. The normalized spacial score (nSPS) is 23.0. The largest absolute Gasteiger partial charge is 0.396 e. The first-order valence-electron chi connectivity index (χ1n) is 6.09. The van der Waals surface area contributed by atoms with Gasteiger partial charge in [-0.2, -0.15) is 0 Å². The van der Waals surface area contributed by atoms with E-state index >= 15 is 0 Å². The van der Waals surface area contributed by atoms with Crippen molar-refractivity contribution in [3.63, 3.8) is 0 Å². The van der Waals surface area contributed by atoms with E-state index in [2.05, 4.69) is 5.32 Å². The van der Waals surface area contributed by atoms with Gasteiger partial charge in [0.25, 0.3) is 5.91 Å². The second kappa shape index (κ2) is 4.88. The molecular formula is C14H19NO2. The van der Waals surface area contributed by atoms with Crippen molar-refractivity contribution in [2.24, 2.45) is 5.92 Å². The van der Waals surface area contributed by atoms with Crippen molar-refractivity contribution in [1.29, 1.82) is 0 Å². The summed E-state index contributed by atoms with van der Waals surface area (Å²) in [5, 5.41) is 12.0. The average molecular weight is 233 g/mol.